The summed E-state index contributed by atoms with van der Waals surface area (Å²) in [5.41, 5.74) is 2.27. The van der Waals surface area contributed by atoms with Crippen LogP contribution >= 0.6 is 0 Å². The van der Waals surface area contributed by atoms with Crippen LogP contribution in [-0.2, 0) is 11.8 Å². The lowest BCUT2D eigenvalue weighted by Gasteiger charge is -2.34. The molecule has 1 saturated carbocycles. The summed E-state index contributed by atoms with van der Waals surface area (Å²) in [5, 5.41) is 8.71. The summed E-state index contributed by atoms with van der Waals surface area (Å²) in [6, 6.07) is 6.50. The molecule has 8 nitrogen and oxygen atoms in total. The molecule has 8 heteroatoms. The second-order valence-corrected chi connectivity index (χ2v) is 9.38. The zero-order chi connectivity index (χ0) is 21.8. The van der Waals surface area contributed by atoms with Crippen LogP contribution in [0.2, 0.25) is 0 Å². The fourth-order valence-corrected chi connectivity index (χ4v) is 4.89. The first-order chi connectivity index (χ1) is 14.8. The van der Waals surface area contributed by atoms with Gasteiger partial charge in [0, 0.05) is 37.8 Å². The van der Waals surface area contributed by atoms with Gasteiger partial charge in [-0.25, -0.2) is 4.98 Å². The highest BCUT2D eigenvalue weighted by Crippen LogP contribution is 2.40. The van der Waals surface area contributed by atoms with Gasteiger partial charge in [-0.2, -0.15) is 10.1 Å². The minimum Gasteiger partial charge on any atom is -0.351 e. The van der Waals surface area contributed by atoms with Gasteiger partial charge in [0.05, 0.1) is 23.3 Å². The lowest BCUT2D eigenvalue weighted by molar-refractivity contribution is -0.125. The summed E-state index contributed by atoms with van der Waals surface area (Å²) in [4.78, 5) is 26.6. The second kappa shape index (κ2) is 7.21. The number of fused-ring (bicyclic) bond motifs is 2. The number of anilines is 4. The third-order valence-corrected chi connectivity index (χ3v) is 6.60. The van der Waals surface area contributed by atoms with Crippen molar-refractivity contribution in [2.75, 3.05) is 28.7 Å². The first-order valence-corrected chi connectivity index (χ1v) is 10.9. The van der Waals surface area contributed by atoms with E-state index in [-0.39, 0.29) is 5.91 Å². The van der Waals surface area contributed by atoms with Crippen LogP contribution in [0.3, 0.4) is 0 Å². The fourth-order valence-electron chi connectivity index (χ4n) is 4.89. The van der Waals surface area contributed by atoms with Gasteiger partial charge in [-0.1, -0.05) is 12.8 Å². The van der Waals surface area contributed by atoms with E-state index in [2.05, 4.69) is 20.3 Å². The highest BCUT2D eigenvalue weighted by molar-refractivity contribution is 6.00. The van der Waals surface area contributed by atoms with E-state index in [0.717, 1.165) is 40.9 Å². The predicted octanol–water partition coefficient (Wildman–Crippen LogP) is 3.86. The lowest BCUT2D eigenvalue weighted by Crippen LogP contribution is -2.45. The van der Waals surface area contributed by atoms with E-state index in [1.54, 1.807) is 11.1 Å². The van der Waals surface area contributed by atoms with Crippen molar-refractivity contribution in [3.63, 3.8) is 0 Å². The summed E-state index contributed by atoms with van der Waals surface area (Å²) < 4.78 is 1.85. The van der Waals surface area contributed by atoms with Crippen LogP contribution < -0.4 is 15.1 Å². The maximum Gasteiger partial charge on any atom is 0.234 e. The smallest absolute Gasteiger partial charge is 0.234 e. The van der Waals surface area contributed by atoms with Gasteiger partial charge in [-0.05, 0) is 44.9 Å². The molecule has 3 aromatic rings. The van der Waals surface area contributed by atoms with Gasteiger partial charge >= 0.3 is 0 Å². The molecule has 1 N–H and O–H groups in total. The molecule has 0 atom stereocenters. The molecule has 1 aliphatic heterocycles. The molecule has 0 bridgehead atoms. The van der Waals surface area contributed by atoms with Crippen molar-refractivity contribution in [1.29, 1.82) is 0 Å². The van der Waals surface area contributed by atoms with Crippen molar-refractivity contribution in [1.82, 2.24) is 19.7 Å². The fraction of sp³-hybridized carbons (Fsp3) is 0.478. The number of nitrogens with one attached hydrogen (secondary N) is 1. The Hall–Kier alpha value is -3.16. The first-order valence-electron chi connectivity index (χ1n) is 10.9. The Morgan fingerprint density at radius 2 is 1.90 bits per heavy atom. The Bertz CT molecular complexity index is 1150. The molecule has 1 amide bonds. The number of benzene rings is 1. The van der Waals surface area contributed by atoms with Gasteiger partial charge in [0.25, 0.3) is 0 Å². The van der Waals surface area contributed by atoms with E-state index in [9.17, 15) is 4.79 Å². The average molecular weight is 420 g/mol. The summed E-state index contributed by atoms with van der Waals surface area (Å²) in [6.45, 7) is 4.71. The van der Waals surface area contributed by atoms with Crippen molar-refractivity contribution >= 4 is 40.0 Å². The first kappa shape index (κ1) is 19.8. The molecule has 2 aromatic heterocycles. The van der Waals surface area contributed by atoms with E-state index in [1.807, 2.05) is 57.0 Å². The molecule has 0 saturated heterocycles. The third kappa shape index (κ3) is 3.40. The molecule has 162 valence electrons. The number of carbonyl (C=O) groups is 1. The van der Waals surface area contributed by atoms with E-state index in [1.165, 1.54) is 12.8 Å². The Balaban J connectivity index is 1.53. The molecule has 2 aliphatic rings. The molecule has 0 radical (unpaired) electrons. The number of hydrogen-bond acceptors (Lipinski definition) is 6. The largest absolute Gasteiger partial charge is 0.351 e. The number of aromatic nitrogens is 4. The third-order valence-electron chi connectivity index (χ3n) is 6.60. The Morgan fingerprint density at radius 1 is 1.13 bits per heavy atom. The molecular weight excluding hydrogens is 390 g/mol. The standard InChI is InChI=1S/C23H29N7O/c1-23(2)14-30(17-7-5-6-8-17)20-19(28(3)21(23)31)13-24-22(27-20)26-16-9-10-18-15(11-16)12-25-29(18)4/h9-13,17H,5-8,14H2,1-4H3,(H,24,26,27). The average Bonchev–Trinajstić information content (AvgIpc) is 3.40. The van der Waals surface area contributed by atoms with Crippen molar-refractivity contribution in [3.05, 3.63) is 30.6 Å². The van der Waals surface area contributed by atoms with Gasteiger partial charge in [-0.3, -0.25) is 9.48 Å². The minimum atomic E-state index is -0.489. The number of nitrogens with zero attached hydrogens (tertiary/aromatic N) is 6. The maximum absolute atomic E-state index is 13.1. The van der Waals surface area contributed by atoms with E-state index in [4.69, 9.17) is 4.98 Å². The van der Waals surface area contributed by atoms with E-state index < -0.39 is 5.41 Å². The maximum atomic E-state index is 13.1. The Labute approximate surface area is 182 Å². The van der Waals surface area contributed by atoms with Gasteiger partial charge in [0.1, 0.15) is 5.69 Å². The number of hydrogen-bond donors (Lipinski definition) is 1. The van der Waals surface area contributed by atoms with Gasteiger partial charge in [-0.15, -0.1) is 0 Å². The van der Waals surface area contributed by atoms with Crippen molar-refractivity contribution in [2.45, 2.75) is 45.6 Å². The molecule has 0 spiro atoms. The van der Waals surface area contributed by atoms with Crippen molar-refractivity contribution < 1.29 is 4.79 Å². The highest BCUT2D eigenvalue weighted by Gasteiger charge is 2.41. The normalized spacial score (nSPS) is 19.0. The second-order valence-electron chi connectivity index (χ2n) is 9.38. The van der Waals surface area contributed by atoms with Gasteiger partial charge in [0.15, 0.2) is 5.82 Å². The van der Waals surface area contributed by atoms with Crippen LogP contribution in [0.15, 0.2) is 30.6 Å². The number of aryl methyl sites for hydroxylation is 1. The summed E-state index contributed by atoms with van der Waals surface area (Å²) in [5.74, 6) is 1.47. The molecule has 1 aliphatic carbocycles. The lowest BCUT2D eigenvalue weighted by atomic mass is 9.91. The van der Waals surface area contributed by atoms with Crippen LogP contribution in [0.4, 0.5) is 23.1 Å². The van der Waals surface area contributed by atoms with Crippen LogP contribution in [-0.4, -0.2) is 45.3 Å². The molecule has 31 heavy (non-hydrogen) atoms. The van der Waals surface area contributed by atoms with E-state index in [0.29, 0.717) is 18.5 Å². The quantitative estimate of drug-likeness (QED) is 0.695. The topological polar surface area (TPSA) is 79.2 Å². The van der Waals surface area contributed by atoms with Crippen LogP contribution in [0.1, 0.15) is 39.5 Å². The van der Waals surface area contributed by atoms with Crippen LogP contribution in [0.5, 0.6) is 0 Å². The number of rotatable bonds is 3. The van der Waals surface area contributed by atoms with Crippen molar-refractivity contribution in [3.8, 4) is 0 Å². The van der Waals surface area contributed by atoms with Gasteiger partial charge < -0.3 is 15.1 Å². The molecule has 3 heterocycles. The zero-order valence-corrected chi connectivity index (χ0v) is 18.6. The molecule has 1 fully saturated rings. The molecule has 0 unspecified atom stereocenters. The summed E-state index contributed by atoms with van der Waals surface area (Å²) >= 11 is 0. The predicted molar refractivity (Wildman–Crippen MR) is 123 cm³/mol. The van der Waals surface area contributed by atoms with Gasteiger partial charge in [0.2, 0.25) is 11.9 Å². The molecular formula is C23H29N7O. The van der Waals surface area contributed by atoms with Crippen LogP contribution in [0.25, 0.3) is 10.9 Å². The van der Waals surface area contributed by atoms with E-state index >= 15 is 0 Å². The summed E-state index contributed by atoms with van der Waals surface area (Å²) in [6.07, 6.45) is 8.34. The zero-order valence-electron chi connectivity index (χ0n) is 18.6. The molecule has 5 rings (SSSR count). The SMILES string of the molecule is CN1C(=O)C(C)(C)CN(C2CCCC2)c2nc(Nc3ccc4c(cnn4C)c3)ncc21. The highest BCUT2D eigenvalue weighted by atomic mass is 16.2. The summed E-state index contributed by atoms with van der Waals surface area (Å²) in [7, 11) is 3.76. The van der Waals surface area contributed by atoms with Crippen molar-refractivity contribution in [2.24, 2.45) is 12.5 Å². The molecule has 1 aromatic carbocycles. The Morgan fingerprint density at radius 3 is 2.68 bits per heavy atom. The Kier molecular flexibility index (Phi) is 4.60. The van der Waals surface area contributed by atoms with Crippen LogP contribution in [0, 0.1) is 5.41 Å². The number of amides is 1. The minimum absolute atomic E-state index is 0.0978. The number of carbonyl (C=O) groups excluding carboxylic acids is 1. The monoisotopic (exact) mass is 419 g/mol.